The van der Waals surface area contributed by atoms with E-state index in [4.69, 9.17) is 0 Å². The van der Waals surface area contributed by atoms with Gasteiger partial charge in [-0.1, -0.05) is 20.8 Å². The second kappa shape index (κ2) is 3.16. The van der Waals surface area contributed by atoms with E-state index in [-0.39, 0.29) is 10.8 Å². The Bertz CT molecular complexity index is 316. The molecule has 2 saturated carbocycles. The highest BCUT2D eigenvalue weighted by Gasteiger charge is 2.55. The molecule has 0 aromatic rings. The minimum Gasteiger partial charge on any atom is -0.300 e. The summed E-state index contributed by atoms with van der Waals surface area (Å²) in [5.41, 5.74) is -0.188. The van der Waals surface area contributed by atoms with Gasteiger partial charge in [-0.25, -0.2) is 0 Å². The first kappa shape index (κ1) is 10.8. The van der Waals surface area contributed by atoms with Crippen LogP contribution in [0.2, 0.25) is 0 Å². The van der Waals surface area contributed by atoms with Gasteiger partial charge in [-0.15, -0.1) is 0 Å². The van der Waals surface area contributed by atoms with Crippen LogP contribution in [0.15, 0.2) is 0 Å². The third-order valence-electron chi connectivity index (χ3n) is 5.14. The Morgan fingerprint density at radius 2 is 1.80 bits per heavy atom. The van der Waals surface area contributed by atoms with Crippen LogP contribution in [0.3, 0.4) is 0 Å². The molecule has 0 bridgehead atoms. The molecule has 2 atom stereocenters. The van der Waals surface area contributed by atoms with Gasteiger partial charge in [0.05, 0.1) is 0 Å². The molecule has 0 aromatic carbocycles. The molecular formula is C13H20O2. The van der Waals surface area contributed by atoms with Crippen LogP contribution >= 0.6 is 0 Å². The fraction of sp³-hybridized carbons (Fsp3) is 0.846. The molecule has 0 N–H and O–H groups in total. The van der Waals surface area contributed by atoms with E-state index < -0.39 is 0 Å². The highest BCUT2D eigenvalue weighted by atomic mass is 16.1. The first-order chi connectivity index (χ1) is 6.88. The zero-order valence-corrected chi connectivity index (χ0v) is 9.93. The Hall–Kier alpha value is -0.660. The fourth-order valence-electron chi connectivity index (χ4n) is 3.39. The van der Waals surface area contributed by atoms with E-state index >= 15 is 0 Å². The Morgan fingerprint density at radius 3 is 2.47 bits per heavy atom. The molecule has 0 saturated heterocycles. The van der Waals surface area contributed by atoms with E-state index in [0.29, 0.717) is 36.7 Å². The van der Waals surface area contributed by atoms with Gasteiger partial charge in [0.1, 0.15) is 11.6 Å². The highest BCUT2D eigenvalue weighted by Crippen LogP contribution is 2.57. The summed E-state index contributed by atoms with van der Waals surface area (Å²) in [6.45, 7) is 6.34. The van der Waals surface area contributed by atoms with E-state index in [1.165, 1.54) is 0 Å². The van der Waals surface area contributed by atoms with Crippen molar-refractivity contribution < 1.29 is 9.59 Å². The number of rotatable bonds is 0. The lowest BCUT2D eigenvalue weighted by Crippen LogP contribution is -2.52. The van der Waals surface area contributed by atoms with Gasteiger partial charge >= 0.3 is 0 Å². The summed E-state index contributed by atoms with van der Waals surface area (Å²) in [5.74, 6) is 1.21. The third-order valence-corrected chi connectivity index (χ3v) is 5.14. The normalized spacial score (nSPS) is 40.1. The minimum absolute atomic E-state index is 0.0518. The quantitative estimate of drug-likeness (QED) is 0.613. The van der Waals surface area contributed by atoms with Crippen molar-refractivity contribution in [2.75, 3.05) is 0 Å². The fourth-order valence-corrected chi connectivity index (χ4v) is 3.39. The lowest BCUT2D eigenvalue weighted by atomic mass is 9.49. The Labute approximate surface area is 91.4 Å². The standard InChI is InChI=1S/C13H20O2/c1-12(2)11(15)5-4-9-8-10(14)6-7-13(9,12)3/h9H,4-8H2,1-3H3/t9-,13-/m0/s1. The molecule has 2 rings (SSSR count). The summed E-state index contributed by atoms with van der Waals surface area (Å²) in [4.78, 5) is 23.4. The van der Waals surface area contributed by atoms with Crippen LogP contribution in [0.5, 0.6) is 0 Å². The van der Waals surface area contributed by atoms with Crippen LogP contribution < -0.4 is 0 Å². The van der Waals surface area contributed by atoms with Crippen LogP contribution in [-0.2, 0) is 9.59 Å². The average molecular weight is 208 g/mol. The zero-order valence-electron chi connectivity index (χ0n) is 9.93. The topological polar surface area (TPSA) is 34.1 Å². The van der Waals surface area contributed by atoms with Crippen molar-refractivity contribution in [2.24, 2.45) is 16.7 Å². The Balaban J connectivity index is 2.35. The maximum atomic E-state index is 12.0. The molecule has 0 aromatic heterocycles. The Kier molecular flexibility index (Phi) is 2.29. The van der Waals surface area contributed by atoms with Crippen molar-refractivity contribution in [3.8, 4) is 0 Å². The van der Waals surface area contributed by atoms with Crippen LogP contribution in [-0.4, -0.2) is 11.6 Å². The molecule has 0 unspecified atom stereocenters. The summed E-state index contributed by atoms with van der Waals surface area (Å²) in [7, 11) is 0. The van der Waals surface area contributed by atoms with E-state index in [2.05, 4.69) is 20.8 Å². The lowest BCUT2D eigenvalue weighted by Gasteiger charge is -2.54. The maximum Gasteiger partial charge on any atom is 0.139 e. The van der Waals surface area contributed by atoms with Crippen molar-refractivity contribution in [1.29, 1.82) is 0 Å². The lowest BCUT2D eigenvalue weighted by molar-refractivity contribution is -0.151. The minimum atomic E-state index is -0.239. The molecule has 0 aliphatic heterocycles. The van der Waals surface area contributed by atoms with Crippen molar-refractivity contribution in [1.82, 2.24) is 0 Å². The number of hydrogen-bond donors (Lipinski definition) is 0. The van der Waals surface area contributed by atoms with Gasteiger partial charge in [0, 0.05) is 24.7 Å². The third kappa shape index (κ3) is 1.37. The molecule has 2 fully saturated rings. The van der Waals surface area contributed by atoms with Gasteiger partial charge < -0.3 is 0 Å². The van der Waals surface area contributed by atoms with Crippen molar-refractivity contribution in [3.05, 3.63) is 0 Å². The molecule has 0 spiro atoms. The van der Waals surface area contributed by atoms with E-state index in [1.807, 2.05) is 0 Å². The molecular weight excluding hydrogens is 188 g/mol. The molecule has 2 nitrogen and oxygen atoms in total. The molecule has 15 heavy (non-hydrogen) atoms. The molecule has 84 valence electrons. The first-order valence-electron chi connectivity index (χ1n) is 5.93. The van der Waals surface area contributed by atoms with E-state index in [9.17, 15) is 9.59 Å². The van der Waals surface area contributed by atoms with Gasteiger partial charge in [0.2, 0.25) is 0 Å². The maximum absolute atomic E-state index is 12.0. The highest BCUT2D eigenvalue weighted by molar-refractivity contribution is 5.87. The second-order valence-electron chi connectivity index (χ2n) is 5.94. The summed E-state index contributed by atoms with van der Waals surface area (Å²) in [5, 5.41) is 0. The van der Waals surface area contributed by atoms with Gasteiger partial charge in [0.25, 0.3) is 0 Å². The van der Waals surface area contributed by atoms with Crippen LogP contribution in [0.4, 0.5) is 0 Å². The van der Waals surface area contributed by atoms with Crippen molar-refractivity contribution in [3.63, 3.8) is 0 Å². The molecule has 2 heteroatoms. The first-order valence-corrected chi connectivity index (χ1v) is 5.93. The van der Waals surface area contributed by atoms with Crippen molar-refractivity contribution in [2.45, 2.75) is 52.9 Å². The summed E-state index contributed by atoms with van der Waals surface area (Å²) < 4.78 is 0. The van der Waals surface area contributed by atoms with Crippen LogP contribution in [0.25, 0.3) is 0 Å². The van der Waals surface area contributed by atoms with Gasteiger partial charge in [-0.05, 0) is 24.2 Å². The Morgan fingerprint density at radius 1 is 1.13 bits per heavy atom. The van der Waals surface area contributed by atoms with E-state index in [0.717, 1.165) is 12.8 Å². The van der Waals surface area contributed by atoms with Gasteiger partial charge in [0.15, 0.2) is 0 Å². The van der Waals surface area contributed by atoms with Crippen LogP contribution in [0, 0.1) is 16.7 Å². The number of ketones is 2. The smallest absolute Gasteiger partial charge is 0.139 e. The zero-order chi connectivity index (χ0) is 11.3. The van der Waals surface area contributed by atoms with Crippen molar-refractivity contribution >= 4 is 11.6 Å². The largest absolute Gasteiger partial charge is 0.300 e. The SMILES string of the molecule is CC1(C)C(=O)CC[C@H]2CC(=O)CC[C@@]21C. The molecule has 0 radical (unpaired) electrons. The van der Waals surface area contributed by atoms with Gasteiger partial charge in [-0.2, -0.15) is 0 Å². The summed E-state index contributed by atoms with van der Waals surface area (Å²) in [6.07, 6.45) is 3.86. The number of hydrogen-bond acceptors (Lipinski definition) is 2. The number of carbonyl (C=O) groups is 2. The number of carbonyl (C=O) groups excluding carboxylic acids is 2. The molecule has 0 heterocycles. The summed E-state index contributed by atoms with van der Waals surface area (Å²) >= 11 is 0. The number of Topliss-reactive ketones (excluding diaryl/α,β-unsaturated/α-hetero) is 2. The predicted octanol–water partition coefficient (Wildman–Crippen LogP) is 2.75. The second-order valence-corrected chi connectivity index (χ2v) is 5.94. The molecule has 0 amide bonds. The monoisotopic (exact) mass is 208 g/mol. The number of fused-ring (bicyclic) bond motifs is 1. The summed E-state index contributed by atoms with van der Waals surface area (Å²) in [6, 6.07) is 0. The van der Waals surface area contributed by atoms with Gasteiger partial charge in [-0.3, -0.25) is 9.59 Å². The van der Waals surface area contributed by atoms with E-state index in [1.54, 1.807) is 0 Å². The predicted molar refractivity (Wildman–Crippen MR) is 58.5 cm³/mol. The van der Waals surface area contributed by atoms with Crippen LogP contribution in [0.1, 0.15) is 52.9 Å². The molecule has 2 aliphatic carbocycles. The average Bonchev–Trinajstić information content (AvgIpc) is 2.17. The molecule has 2 aliphatic rings.